The first-order valence-corrected chi connectivity index (χ1v) is 10.00. The standard InChI is InChI=1S/C14H20N4O4S2.K/c1-3-17(4-2)16-15-11-5-7-12(8-6-11)24(21,22)18-9-10-23-13(18)14(19)20;/h5-8,13H,3-4,9-10H2,1-2H3,(H,19,20);/q;+1/p-1. The van der Waals surface area contributed by atoms with Crippen LogP contribution in [0.25, 0.3) is 0 Å². The first kappa shape index (κ1) is 23.0. The van der Waals surface area contributed by atoms with E-state index in [4.69, 9.17) is 0 Å². The molecule has 2 rings (SSSR count). The summed E-state index contributed by atoms with van der Waals surface area (Å²) in [5.74, 6) is -0.973. The van der Waals surface area contributed by atoms with Crippen molar-refractivity contribution in [3.05, 3.63) is 24.3 Å². The minimum atomic E-state index is -3.88. The summed E-state index contributed by atoms with van der Waals surface area (Å²) >= 11 is 1.05. The number of hydrogen-bond acceptors (Lipinski definition) is 7. The summed E-state index contributed by atoms with van der Waals surface area (Å²) < 4.78 is 26.1. The Morgan fingerprint density at radius 2 is 1.92 bits per heavy atom. The van der Waals surface area contributed by atoms with Crippen LogP contribution in [0.15, 0.2) is 39.5 Å². The van der Waals surface area contributed by atoms with E-state index in [1.54, 1.807) is 5.01 Å². The molecule has 0 saturated carbocycles. The molecule has 1 atom stereocenters. The topological polar surface area (TPSA) is 105 Å². The summed E-state index contributed by atoms with van der Waals surface area (Å²) in [6.45, 7) is 5.52. The molecule has 0 radical (unpaired) electrons. The molecule has 25 heavy (non-hydrogen) atoms. The van der Waals surface area contributed by atoms with Crippen molar-refractivity contribution in [3.63, 3.8) is 0 Å². The fourth-order valence-electron chi connectivity index (χ4n) is 2.17. The van der Waals surface area contributed by atoms with E-state index in [0.29, 0.717) is 11.4 Å². The molecular weight excluding hydrogens is 391 g/mol. The van der Waals surface area contributed by atoms with Gasteiger partial charge in [-0.2, -0.15) is 4.31 Å². The van der Waals surface area contributed by atoms with E-state index in [0.717, 1.165) is 29.2 Å². The molecule has 1 unspecified atom stereocenters. The number of carboxylic acid groups (broad SMARTS) is 1. The van der Waals surface area contributed by atoms with Crippen molar-refractivity contribution >= 4 is 33.4 Å². The fraction of sp³-hybridized carbons (Fsp3) is 0.500. The van der Waals surface area contributed by atoms with Crippen LogP contribution < -0.4 is 56.5 Å². The number of carboxylic acids is 1. The zero-order valence-electron chi connectivity index (χ0n) is 14.5. The second-order valence-corrected chi connectivity index (χ2v) is 8.06. The van der Waals surface area contributed by atoms with Gasteiger partial charge in [0.15, 0.2) is 0 Å². The molecule has 0 aromatic heterocycles. The van der Waals surface area contributed by atoms with Crippen LogP contribution in [-0.4, -0.2) is 54.5 Å². The van der Waals surface area contributed by atoms with E-state index in [1.165, 1.54) is 24.3 Å². The number of benzene rings is 1. The quantitative estimate of drug-likeness (QED) is 0.288. The third-order valence-corrected chi connectivity index (χ3v) is 6.70. The molecule has 0 spiro atoms. The van der Waals surface area contributed by atoms with Gasteiger partial charge in [-0.15, -0.1) is 16.9 Å². The van der Waals surface area contributed by atoms with Gasteiger partial charge in [0.05, 0.1) is 16.6 Å². The maximum atomic E-state index is 12.6. The van der Waals surface area contributed by atoms with Gasteiger partial charge < -0.3 is 9.90 Å². The van der Waals surface area contributed by atoms with Gasteiger partial charge in [0, 0.05) is 25.4 Å². The molecule has 1 heterocycles. The first-order valence-electron chi connectivity index (χ1n) is 7.51. The Kier molecular flexibility index (Phi) is 9.54. The summed E-state index contributed by atoms with van der Waals surface area (Å²) in [7, 11) is -3.88. The van der Waals surface area contributed by atoms with Gasteiger partial charge in [-0.25, -0.2) is 8.42 Å². The molecule has 8 nitrogen and oxygen atoms in total. The number of rotatable bonds is 7. The minimum absolute atomic E-state index is 0. The Bertz CT molecular complexity index is 708. The molecule has 11 heteroatoms. The van der Waals surface area contributed by atoms with E-state index in [9.17, 15) is 18.3 Å². The molecule has 0 aliphatic carbocycles. The van der Waals surface area contributed by atoms with Gasteiger partial charge in [0.25, 0.3) is 0 Å². The average molecular weight is 411 g/mol. The monoisotopic (exact) mass is 410 g/mol. The van der Waals surface area contributed by atoms with Gasteiger partial charge in [0.1, 0.15) is 5.37 Å². The molecule has 1 fully saturated rings. The largest absolute Gasteiger partial charge is 1.00 e. The molecule has 1 aromatic rings. The summed E-state index contributed by atoms with van der Waals surface area (Å²) in [4.78, 5) is 11.1. The third kappa shape index (κ3) is 5.73. The van der Waals surface area contributed by atoms with E-state index in [2.05, 4.69) is 10.3 Å². The SMILES string of the molecule is CCN(CC)N=Nc1ccc(S(=O)(=O)N2CCSC2C(=O)[O-])cc1.[K+]. The van der Waals surface area contributed by atoms with Gasteiger partial charge in [-0.1, -0.05) is 5.22 Å². The van der Waals surface area contributed by atoms with Crippen LogP contribution in [0.2, 0.25) is 0 Å². The molecule has 0 N–H and O–H groups in total. The molecule has 0 bridgehead atoms. The molecule has 1 aliphatic heterocycles. The van der Waals surface area contributed by atoms with Crippen LogP contribution in [0.4, 0.5) is 5.69 Å². The number of aliphatic carboxylic acids is 1. The summed E-state index contributed by atoms with van der Waals surface area (Å²) in [6.07, 6.45) is 0. The fourth-order valence-corrected chi connectivity index (χ4v) is 5.16. The number of carbonyl (C=O) groups excluding carboxylic acids is 1. The molecule has 1 aliphatic rings. The Labute approximate surface area is 194 Å². The van der Waals surface area contributed by atoms with E-state index < -0.39 is 21.4 Å². The van der Waals surface area contributed by atoms with Gasteiger partial charge >= 0.3 is 51.4 Å². The normalized spacial score (nSPS) is 18.2. The second kappa shape index (κ2) is 10.4. The van der Waals surface area contributed by atoms with E-state index >= 15 is 0 Å². The third-order valence-electron chi connectivity index (χ3n) is 3.51. The molecule has 1 aromatic carbocycles. The average Bonchev–Trinajstić information content (AvgIpc) is 3.07. The maximum absolute atomic E-state index is 12.6. The summed E-state index contributed by atoms with van der Waals surface area (Å²) in [5.41, 5.74) is 0.521. The van der Waals surface area contributed by atoms with Crippen LogP contribution in [0.3, 0.4) is 0 Å². The zero-order valence-corrected chi connectivity index (χ0v) is 19.2. The van der Waals surface area contributed by atoms with Crippen LogP contribution in [0.1, 0.15) is 13.8 Å². The van der Waals surface area contributed by atoms with Crippen LogP contribution in [0, 0.1) is 0 Å². The number of hydrogen-bond donors (Lipinski definition) is 0. The van der Waals surface area contributed by atoms with Crippen LogP contribution >= 0.6 is 11.8 Å². The smallest absolute Gasteiger partial charge is 0.547 e. The van der Waals surface area contributed by atoms with Crippen molar-refractivity contribution in [2.24, 2.45) is 10.3 Å². The van der Waals surface area contributed by atoms with Crippen LogP contribution in [-0.2, 0) is 14.8 Å². The number of sulfonamides is 1. The Balaban J connectivity index is 0.00000312. The van der Waals surface area contributed by atoms with E-state index in [-0.39, 0.29) is 62.8 Å². The van der Waals surface area contributed by atoms with Crippen molar-refractivity contribution in [2.75, 3.05) is 25.4 Å². The molecule has 0 amide bonds. The zero-order chi connectivity index (χ0) is 17.7. The first-order chi connectivity index (χ1) is 11.4. The molecular formula is C14H19KN4O4S2. The number of thioether (sulfide) groups is 1. The van der Waals surface area contributed by atoms with Gasteiger partial charge in [-0.3, -0.25) is 5.01 Å². The Hall–Kier alpha value is -0.0136. The predicted molar refractivity (Wildman–Crippen MR) is 89.0 cm³/mol. The molecule has 1 saturated heterocycles. The van der Waals surface area contributed by atoms with Crippen molar-refractivity contribution in [2.45, 2.75) is 24.1 Å². The number of nitrogens with zero attached hydrogens (tertiary/aromatic N) is 4. The molecule has 132 valence electrons. The number of carbonyl (C=O) groups is 1. The summed E-state index contributed by atoms with van der Waals surface area (Å²) in [5, 5.41) is 19.7. The van der Waals surface area contributed by atoms with Crippen molar-refractivity contribution < 1.29 is 69.7 Å². The predicted octanol–water partition coefficient (Wildman–Crippen LogP) is -2.16. The van der Waals surface area contributed by atoms with Gasteiger partial charge in [-0.05, 0) is 38.1 Å². The Morgan fingerprint density at radius 1 is 1.32 bits per heavy atom. The maximum Gasteiger partial charge on any atom is 1.00 e. The van der Waals surface area contributed by atoms with Crippen LogP contribution in [0.5, 0.6) is 0 Å². The minimum Gasteiger partial charge on any atom is -0.547 e. The van der Waals surface area contributed by atoms with Crippen molar-refractivity contribution in [3.8, 4) is 0 Å². The Morgan fingerprint density at radius 3 is 2.44 bits per heavy atom. The van der Waals surface area contributed by atoms with E-state index in [1.807, 2.05) is 13.8 Å². The van der Waals surface area contributed by atoms with Gasteiger partial charge in [0.2, 0.25) is 10.0 Å². The second-order valence-electron chi connectivity index (χ2n) is 4.98. The van der Waals surface area contributed by atoms with Crippen molar-refractivity contribution in [1.82, 2.24) is 9.31 Å². The summed E-state index contributed by atoms with van der Waals surface area (Å²) in [6, 6.07) is 5.89. The van der Waals surface area contributed by atoms with Crippen molar-refractivity contribution in [1.29, 1.82) is 0 Å².